The minimum atomic E-state index is -0.415. The molecule has 114 valence electrons. The average Bonchev–Trinajstić information content (AvgIpc) is 3.00. The quantitative estimate of drug-likeness (QED) is 0.870. The van der Waals surface area contributed by atoms with Crippen LogP contribution in [-0.4, -0.2) is 35.0 Å². The summed E-state index contributed by atoms with van der Waals surface area (Å²) in [4.78, 5) is 16.4. The maximum atomic E-state index is 12.2. The van der Waals surface area contributed by atoms with Crippen LogP contribution in [-0.2, 0) is 9.53 Å². The van der Waals surface area contributed by atoms with E-state index in [-0.39, 0.29) is 0 Å². The number of anilines is 1. The molecule has 2 aromatic rings. The molecule has 1 atom stereocenters. The van der Waals surface area contributed by atoms with Crippen LogP contribution in [0.2, 0.25) is 0 Å². The SMILES string of the molecule is COC(=O)C1=C(C)Nc2ncnn2C1c1cccc(OC)c1. The van der Waals surface area contributed by atoms with Gasteiger partial charge in [0.25, 0.3) is 0 Å². The van der Waals surface area contributed by atoms with Crippen LogP contribution in [0.15, 0.2) is 41.9 Å². The van der Waals surface area contributed by atoms with Crippen LogP contribution in [0.4, 0.5) is 5.95 Å². The van der Waals surface area contributed by atoms with Gasteiger partial charge >= 0.3 is 5.97 Å². The standard InChI is InChI=1S/C15H16N4O3/c1-9-12(14(20)22-3)13(19-15(18-9)16-8-17-19)10-5-4-6-11(7-10)21-2/h4-8,13H,1-3H3,(H,16,17,18). The van der Waals surface area contributed by atoms with E-state index in [0.29, 0.717) is 23.0 Å². The number of fused-ring (bicyclic) bond motifs is 1. The highest BCUT2D eigenvalue weighted by Crippen LogP contribution is 2.35. The lowest BCUT2D eigenvalue weighted by Gasteiger charge is -2.28. The number of nitrogens with zero attached hydrogens (tertiary/aromatic N) is 3. The van der Waals surface area contributed by atoms with Gasteiger partial charge in [-0.3, -0.25) is 0 Å². The first-order valence-corrected chi connectivity index (χ1v) is 6.75. The van der Waals surface area contributed by atoms with Crippen molar-refractivity contribution in [3.05, 3.63) is 47.4 Å². The Kier molecular flexibility index (Phi) is 3.54. The number of nitrogens with one attached hydrogen (secondary N) is 1. The Morgan fingerprint density at radius 3 is 2.91 bits per heavy atom. The lowest BCUT2D eigenvalue weighted by atomic mass is 9.95. The molecule has 0 bridgehead atoms. The lowest BCUT2D eigenvalue weighted by Crippen LogP contribution is -2.29. The van der Waals surface area contributed by atoms with Crippen LogP contribution >= 0.6 is 0 Å². The van der Waals surface area contributed by atoms with Crippen LogP contribution in [0.25, 0.3) is 0 Å². The Hall–Kier alpha value is -2.83. The number of aromatic nitrogens is 3. The van der Waals surface area contributed by atoms with Gasteiger partial charge in [-0.1, -0.05) is 12.1 Å². The van der Waals surface area contributed by atoms with E-state index in [2.05, 4.69) is 15.4 Å². The van der Waals surface area contributed by atoms with Gasteiger partial charge < -0.3 is 14.8 Å². The molecule has 0 amide bonds. The highest BCUT2D eigenvalue weighted by atomic mass is 16.5. The van der Waals surface area contributed by atoms with E-state index in [1.807, 2.05) is 31.2 Å². The fourth-order valence-corrected chi connectivity index (χ4v) is 2.59. The zero-order valence-corrected chi connectivity index (χ0v) is 12.5. The first kappa shape index (κ1) is 14.1. The summed E-state index contributed by atoms with van der Waals surface area (Å²) in [6.07, 6.45) is 1.45. The number of carbonyl (C=O) groups is 1. The number of rotatable bonds is 3. The zero-order valence-electron chi connectivity index (χ0n) is 12.5. The number of methoxy groups -OCH3 is 2. The minimum absolute atomic E-state index is 0.404. The van der Waals surface area contributed by atoms with Gasteiger partial charge in [-0.2, -0.15) is 10.1 Å². The van der Waals surface area contributed by atoms with Gasteiger partial charge in [-0.25, -0.2) is 9.48 Å². The van der Waals surface area contributed by atoms with E-state index >= 15 is 0 Å². The average molecular weight is 300 g/mol. The van der Waals surface area contributed by atoms with E-state index in [9.17, 15) is 4.79 Å². The molecule has 0 aliphatic carbocycles. The Labute approximate surface area is 127 Å². The van der Waals surface area contributed by atoms with Crippen LogP contribution in [0.1, 0.15) is 18.5 Å². The second-order valence-corrected chi connectivity index (χ2v) is 4.86. The van der Waals surface area contributed by atoms with E-state index in [1.165, 1.54) is 13.4 Å². The molecule has 7 nitrogen and oxygen atoms in total. The van der Waals surface area contributed by atoms with Gasteiger partial charge in [0.2, 0.25) is 5.95 Å². The Bertz CT molecular complexity index is 751. The smallest absolute Gasteiger partial charge is 0.338 e. The van der Waals surface area contributed by atoms with Gasteiger partial charge in [-0.05, 0) is 24.6 Å². The Morgan fingerprint density at radius 1 is 1.36 bits per heavy atom. The third-order valence-corrected chi connectivity index (χ3v) is 3.61. The molecule has 0 saturated heterocycles. The van der Waals surface area contributed by atoms with E-state index < -0.39 is 12.0 Å². The van der Waals surface area contributed by atoms with Crippen molar-refractivity contribution in [1.82, 2.24) is 14.8 Å². The van der Waals surface area contributed by atoms with Crippen molar-refractivity contribution in [1.29, 1.82) is 0 Å². The van der Waals surface area contributed by atoms with Crippen molar-refractivity contribution in [3.63, 3.8) is 0 Å². The lowest BCUT2D eigenvalue weighted by molar-refractivity contribution is -0.136. The summed E-state index contributed by atoms with van der Waals surface area (Å²) in [5, 5.41) is 7.30. The number of hydrogen-bond donors (Lipinski definition) is 1. The summed E-state index contributed by atoms with van der Waals surface area (Å²) in [6.45, 7) is 1.82. The molecular formula is C15H16N4O3. The number of esters is 1. The predicted octanol–water partition coefficient (Wildman–Crippen LogP) is 1.75. The summed E-state index contributed by atoms with van der Waals surface area (Å²) >= 11 is 0. The monoisotopic (exact) mass is 300 g/mol. The number of allylic oxidation sites excluding steroid dienone is 1. The molecule has 2 heterocycles. The molecule has 1 aliphatic rings. The molecule has 3 rings (SSSR count). The molecule has 1 aliphatic heterocycles. The molecule has 22 heavy (non-hydrogen) atoms. The fourth-order valence-electron chi connectivity index (χ4n) is 2.59. The first-order valence-electron chi connectivity index (χ1n) is 6.75. The Balaban J connectivity index is 2.18. The zero-order chi connectivity index (χ0) is 15.7. The normalized spacial score (nSPS) is 16.8. The van der Waals surface area contributed by atoms with E-state index in [0.717, 1.165) is 5.56 Å². The third-order valence-electron chi connectivity index (χ3n) is 3.61. The molecule has 1 unspecified atom stereocenters. The second-order valence-electron chi connectivity index (χ2n) is 4.86. The molecule has 0 spiro atoms. The molecule has 0 saturated carbocycles. The van der Waals surface area contributed by atoms with Crippen LogP contribution in [0.5, 0.6) is 5.75 Å². The fraction of sp³-hybridized carbons (Fsp3) is 0.267. The maximum Gasteiger partial charge on any atom is 0.338 e. The number of carbonyl (C=O) groups excluding carboxylic acids is 1. The predicted molar refractivity (Wildman–Crippen MR) is 79.5 cm³/mol. The van der Waals surface area contributed by atoms with Crippen molar-refractivity contribution in [3.8, 4) is 5.75 Å². The van der Waals surface area contributed by atoms with Gasteiger partial charge in [0.15, 0.2) is 0 Å². The molecule has 7 heteroatoms. The largest absolute Gasteiger partial charge is 0.497 e. The molecule has 1 N–H and O–H groups in total. The van der Waals surface area contributed by atoms with Crippen LogP contribution < -0.4 is 10.1 Å². The van der Waals surface area contributed by atoms with Gasteiger partial charge in [-0.15, -0.1) is 0 Å². The van der Waals surface area contributed by atoms with E-state index in [1.54, 1.807) is 11.8 Å². The summed E-state index contributed by atoms with van der Waals surface area (Å²) in [5.41, 5.74) is 2.06. The van der Waals surface area contributed by atoms with Gasteiger partial charge in [0, 0.05) is 5.70 Å². The summed E-state index contributed by atoms with van der Waals surface area (Å²) in [7, 11) is 2.97. The Morgan fingerprint density at radius 2 is 2.18 bits per heavy atom. The molecule has 0 fully saturated rings. The highest BCUT2D eigenvalue weighted by Gasteiger charge is 2.34. The van der Waals surface area contributed by atoms with Gasteiger partial charge in [0.05, 0.1) is 19.8 Å². The summed E-state index contributed by atoms with van der Waals surface area (Å²) in [6, 6.07) is 7.09. The molecular weight excluding hydrogens is 284 g/mol. The molecule has 1 aromatic carbocycles. The highest BCUT2D eigenvalue weighted by molar-refractivity contribution is 5.92. The van der Waals surface area contributed by atoms with Gasteiger partial charge in [0.1, 0.15) is 18.1 Å². The number of ether oxygens (including phenoxy) is 2. The minimum Gasteiger partial charge on any atom is -0.497 e. The van der Waals surface area contributed by atoms with Crippen molar-refractivity contribution >= 4 is 11.9 Å². The van der Waals surface area contributed by atoms with Crippen molar-refractivity contribution < 1.29 is 14.3 Å². The number of hydrogen-bond acceptors (Lipinski definition) is 6. The van der Waals surface area contributed by atoms with Crippen molar-refractivity contribution in [2.45, 2.75) is 13.0 Å². The van der Waals surface area contributed by atoms with Crippen LogP contribution in [0.3, 0.4) is 0 Å². The first-order chi connectivity index (χ1) is 10.7. The van der Waals surface area contributed by atoms with Crippen molar-refractivity contribution in [2.24, 2.45) is 0 Å². The molecule has 1 aromatic heterocycles. The molecule has 0 radical (unpaired) electrons. The summed E-state index contributed by atoms with van der Waals surface area (Å²) < 4.78 is 11.9. The van der Waals surface area contributed by atoms with Crippen LogP contribution in [0, 0.1) is 0 Å². The topological polar surface area (TPSA) is 78.3 Å². The third kappa shape index (κ3) is 2.20. The number of benzene rings is 1. The second kappa shape index (κ2) is 5.51. The summed E-state index contributed by atoms with van der Waals surface area (Å²) in [5.74, 6) is 0.886. The maximum absolute atomic E-state index is 12.2. The van der Waals surface area contributed by atoms with Crippen molar-refractivity contribution in [2.75, 3.05) is 19.5 Å². The van der Waals surface area contributed by atoms with E-state index in [4.69, 9.17) is 9.47 Å².